The predicted molar refractivity (Wildman–Crippen MR) is 135 cm³/mol. The van der Waals surface area contributed by atoms with Crippen molar-refractivity contribution in [1.29, 1.82) is 0 Å². The number of nitrogen functional groups attached to an aromatic ring is 1. The van der Waals surface area contributed by atoms with Gasteiger partial charge in [-0.2, -0.15) is 4.98 Å². The van der Waals surface area contributed by atoms with Crippen molar-refractivity contribution in [3.63, 3.8) is 0 Å². The first-order valence-electron chi connectivity index (χ1n) is 12.7. The van der Waals surface area contributed by atoms with Crippen LogP contribution in [0.1, 0.15) is 69.4 Å². The highest BCUT2D eigenvalue weighted by atomic mass is 16.5. The van der Waals surface area contributed by atoms with Gasteiger partial charge in [0, 0.05) is 24.6 Å². The zero-order valence-electron chi connectivity index (χ0n) is 20.8. The maximum atomic E-state index is 13.0. The molecule has 3 N–H and O–H groups in total. The van der Waals surface area contributed by atoms with Gasteiger partial charge in [-0.3, -0.25) is 9.59 Å². The molecule has 0 bridgehead atoms. The van der Waals surface area contributed by atoms with Gasteiger partial charge in [0.25, 0.3) is 0 Å². The number of piperidine rings is 1. The highest BCUT2D eigenvalue weighted by Crippen LogP contribution is 2.40. The number of aliphatic carboxylic acids is 1. The van der Waals surface area contributed by atoms with Crippen molar-refractivity contribution < 1.29 is 19.4 Å². The topological polar surface area (TPSA) is 131 Å². The summed E-state index contributed by atoms with van der Waals surface area (Å²) in [4.78, 5) is 39.0. The van der Waals surface area contributed by atoms with Gasteiger partial charge >= 0.3 is 5.97 Å². The number of amides is 1. The van der Waals surface area contributed by atoms with Crippen LogP contribution in [-0.2, 0) is 9.59 Å². The van der Waals surface area contributed by atoms with Gasteiger partial charge in [0.15, 0.2) is 11.5 Å². The maximum absolute atomic E-state index is 13.0. The maximum Gasteiger partial charge on any atom is 0.306 e. The van der Waals surface area contributed by atoms with Crippen molar-refractivity contribution in [2.24, 2.45) is 16.8 Å². The van der Waals surface area contributed by atoms with E-state index in [-0.39, 0.29) is 17.7 Å². The third-order valence-corrected chi connectivity index (χ3v) is 7.85. The third-order valence-electron chi connectivity index (χ3n) is 7.85. The van der Waals surface area contributed by atoms with Crippen LogP contribution in [-0.4, -0.2) is 56.3 Å². The number of hydrogen-bond donors (Lipinski definition) is 2. The number of nitrogens with zero attached hydrogens (tertiary/aromatic N) is 4. The number of hydrogen-bond acceptors (Lipinski definition) is 7. The van der Waals surface area contributed by atoms with Gasteiger partial charge in [-0.1, -0.05) is 24.3 Å². The molecule has 9 heteroatoms. The number of fused-ring (bicyclic) bond motifs is 1. The number of aromatic nitrogens is 2. The van der Waals surface area contributed by atoms with Gasteiger partial charge in [-0.05, 0) is 63.9 Å². The molecule has 2 aromatic rings. The average molecular weight is 492 g/mol. The lowest BCUT2D eigenvalue weighted by Crippen LogP contribution is -2.43. The molecule has 0 spiro atoms. The summed E-state index contributed by atoms with van der Waals surface area (Å²) in [5.41, 5.74) is 8.82. The second kappa shape index (κ2) is 9.52. The van der Waals surface area contributed by atoms with Crippen LogP contribution in [0.15, 0.2) is 35.6 Å². The fourth-order valence-electron chi connectivity index (χ4n) is 5.70. The molecule has 1 saturated carbocycles. The number of ether oxygens (including phenoxy) is 1. The van der Waals surface area contributed by atoms with Crippen LogP contribution >= 0.6 is 0 Å². The van der Waals surface area contributed by atoms with E-state index in [4.69, 9.17) is 15.5 Å². The summed E-state index contributed by atoms with van der Waals surface area (Å²) in [5, 5.41) is 9.19. The number of carboxylic acids is 1. The van der Waals surface area contributed by atoms with Crippen molar-refractivity contribution in [3.05, 3.63) is 41.7 Å². The molecule has 1 saturated heterocycles. The summed E-state index contributed by atoms with van der Waals surface area (Å²) in [6.07, 6.45) is 6.17. The van der Waals surface area contributed by atoms with E-state index in [0.29, 0.717) is 49.2 Å². The molecule has 3 heterocycles. The Labute approximate surface area is 210 Å². The van der Waals surface area contributed by atoms with Crippen molar-refractivity contribution in [2.75, 3.05) is 18.8 Å². The van der Waals surface area contributed by atoms with E-state index in [1.165, 1.54) is 11.9 Å². The molecular weight excluding hydrogens is 458 g/mol. The van der Waals surface area contributed by atoms with Gasteiger partial charge in [0.05, 0.1) is 11.6 Å². The second-order valence-corrected chi connectivity index (χ2v) is 10.6. The Hall–Kier alpha value is -3.49. The Morgan fingerprint density at radius 1 is 1.00 bits per heavy atom. The van der Waals surface area contributed by atoms with E-state index in [2.05, 4.69) is 34.2 Å². The molecule has 1 aromatic heterocycles. The van der Waals surface area contributed by atoms with Crippen LogP contribution in [0.4, 0.5) is 11.5 Å². The first-order chi connectivity index (χ1) is 17.2. The van der Waals surface area contributed by atoms with E-state index < -0.39 is 11.6 Å². The molecule has 0 unspecified atom stereocenters. The number of nitrogens with two attached hydrogens (primary N) is 1. The molecule has 9 nitrogen and oxygen atoms in total. The highest BCUT2D eigenvalue weighted by molar-refractivity contribution is 6.09. The number of carbonyl (C=O) groups is 2. The van der Waals surface area contributed by atoms with Gasteiger partial charge in [-0.25, -0.2) is 9.98 Å². The SMILES string of the molecule is CC1(C)Oc2ncnc(N)c2N=C1c1ccc(C2CCC(C(=O)N3CCC(C(=O)O)CC3)CC2)cc1. The van der Waals surface area contributed by atoms with Crippen molar-refractivity contribution in [2.45, 2.75) is 63.9 Å². The fourth-order valence-corrected chi connectivity index (χ4v) is 5.70. The average Bonchev–Trinajstić information content (AvgIpc) is 2.88. The van der Waals surface area contributed by atoms with Crippen molar-refractivity contribution in [1.82, 2.24) is 14.9 Å². The Morgan fingerprint density at radius 3 is 2.31 bits per heavy atom. The molecule has 2 fully saturated rings. The van der Waals surface area contributed by atoms with E-state index >= 15 is 0 Å². The molecule has 0 radical (unpaired) electrons. The van der Waals surface area contributed by atoms with Gasteiger partial charge < -0.3 is 20.5 Å². The molecule has 190 valence electrons. The largest absolute Gasteiger partial charge is 0.481 e. The van der Waals surface area contributed by atoms with E-state index in [0.717, 1.165) is 37.0 Å². The molecule has 5 rings (SSSR count). The summed E-state index contributed by atoms with van der Waals surface area (Å²) in [6, 6.07) is 8.46. The number of benzene rings is 1. The molecule has 1 aromatic carbocycles. The summed E-state index contributed by atoms with van der Waals surface area (Å²) >= 11 is 0. The van der Waals surface area contributed by atoms with Crippen molar-refractivity contribution in [3.8, 4) is 5.88 Å². The number of carboxylic acid groups (broad SMARTS) is 1. The van der Waals surface area contributed by atoms with Gasteiger partial charge in [-0.15, -0.1) is 0 Å². The second-order valence-electron chi connectivity index (χ2n) is 10.6. The predicted octanol–water partition coefficient (Wildman–Crippen LogP) is 3.95. The summed E-state index contributed by atoms with van der Waals surface area (Å²) in [5.74, 6) is 0.293. The third kappa shape index (κ3) is 4.66. The molecule has 1 aliphatic carbocycles. The minimum atomic E-state index is -0.747. The number of anilines is 1. The Balaban J connectivity index is 1.22. The summed E-state index contributed by atoms with van der Waals surface area (Å²) in [6.45, 7) is 5.04. The smallest absolute Gasteiger partial charge is 0.306 e. The number of likely N-dealkylation sites (tertiary alicyclic amines) is 1. The normalized spacial score (nSPS) is 23.8. The van der Waals surface area contributed by atoms with Crippen LogP contribution in [0, 0.1) is 11.8 Å². The van der Waals surface area contributed by atoms with Gasteiger partial charge in [0.1, 0.15) is 11.9 Å². The fraction of sp³-hybridized carbons (Fsp3) is 0.519. The lowest BCUT2D eigenvalue weighted by Gasteiger charge is -2.35. The van der Waals surface area contributed by atoms with Crippen LogP contribution in [0.3, 0.4) is 0 Å². The minimum Gasteiger partial charge on any atom is -0.481 e. The number of aliphatic imine (C=N–C) groups is 1. The monoisotopic (exact) mass is 491 g/mol. The highest BCUT2D eigenvalue weighted by Gasteiger charge is 2.36. The van der Waals surface area contributed by atoms with E-state index in [9.17, 15) is 14.7 Å². The molecule has 36 heavy (non-hydrogen) atoms. The standard InChI is InChI=1S/C27H33N5O4/c1-27(2)22(31-21-23(28)29-15-30-24(21)36-27)18-7-3-16(4-8-18)17-5-9-19(10-6-17)25(33)32-13-11-20(12-14-32)26(34)35/h3-4,7-8,15,17,19-20H,5-6,9-14H2,1-2H3,(H,34,35)(H2,28,29,30). The zero-order chi connectivity index (χ0) is 25.4. The van der Waals surface area contributed by atoms with Crippen molar-refractivity contribution >= 4 is 29.1 Å². The van der Waals surface area contributed by atoms with Crippen LogP contribution in [0.25, 0.3) is 0 Å². The lowest BCUT2D eigenvalue weighted by molar-refractivity contribution is -0.147. The van der Waals surface area contributed by atoms with Crippen LogP contribution < -0.4 is 10.5 Å². The molecular formula is C27H33N5O4. The van der Waals surface area contributed by atoms with Gasteiger partial charge in [0.2, 0.25) is 11.8 Å². The van der Waals surface area contributed by atoms with E-state index in [1.807, 2.05) is 18.7 Å². The first-order valence-corrected chi connectivity index (χ1v) is 12.7. The summed E-state index contributed by atoms with van der Waals surface area (Å²) in [7, 11) is 0. The Kier molecular flexibility index (Phi) is 6.40. The quantitative estimate of drug-likeness (QED) is 0.662. The molecule has 0 atom stereocenters. The first kappa shape index (κ1) is 24.2. The minimum absolute atomic E-state index is 0.0455. The zero-order valence-corrected chi connectivity index (χ0v) is 20.8. The Morgan fingerprint density at radius 2 is 1.67 bits per heavy atom. The van der Waals surface area contributed by atoms with Crippen LogP contribution in [0.2, 0.25) is 0 Å². The molecule has 3 aliphatic rings. The van der Waals surface area contributed by atoms with E-state index in [1.54, 1.807) is 0 Å². The molecule has 1 amide bonds. The number of carbonyl (C=O) groups excluding carboxylic acids is 1. The van der Waals surface area contributed by atoms with Crippen LogP contribution in [0.5, 0.6) is 5.88 Å². The molecule has 2 aliphatic heterocycles. The lowest BCUT2D eigenvalue weighted by atomic mass is 9.77. The number of rotatable bonds is 4. The summed E-state index contributed by atoms with van der Waals surface area (Å²) < 4.78 is 6.09. The Bertz CT molecular complexity index is 1180.